The third kappa shape index (κ3) is 5.29. The van der Waals surface area contributed by atoms with E-state index in [9.17, 15) is 4.79 Å². The second-order valence-electron chi connectivity index (χ2n) is 4.16. The molecule has 0 aliphatic carbocycles. The smallest absolute Gasteiger partial charge is 0.319 e. The molecule has 1 atom stereocenters. The predicted octanol–water partition coefficient (Wildman–Crippen LogP) is 1.92. The number of carbonyl (C=O) groups excluding carboxylic acids is 1. The number of nitrogens with one attached hydrogen (secondary N) is 3. The molecule has 1 rings (SSSR count). The Morgan fingerprint density at radius 2 is 2.26 bits per heavy atom. The molecule has 1 aromatic carbocycles. The molecule has 1 unspecified atom stereocenters. The van der Waals surface area contributed by atoms with Crippen molar-refractivity contribution in [3.05, 3.63) is 24.3 Å². The third-order valence-corrected chi connectivity index (χ3v) is 2.62. The number of anilines is 1. The van der Waals surface area contributed by atoms with Gasteiger partial charge in [-0.1, -0.05) is 13.0 Å². The van der Waals surface area contributed by atoms with E-state index in [2.05, 4.69) is 10.6 Å². The van der Waals surface area contributed by atoms with Crippen LogP contribution in [0.3, 0.4) is 0 Å². The van der Waals surface area contributed by atoms with Crippen molar-refractivity contribution in [1.29, 1.82) is 5.41 Å². The molecule has 0 aliphatic heterocycles. The minimum Gasteiger partial charge on any atom is -0.497 e. The topological polar surface area (TPSA) is 100 Å². The van der Waals surface area contributed by atoms with Gasteiger partial charge in [0.1, 0.15) is 5.75 Å². The van der Waals surface area contributed by atoms with E-state index in [1.54, 1.807) is 31.4 Å². The molecule has 0 bridgehead atoms. The first-order valence-corrected chi connectivity index (χ1v) is 6.09. The van der Waals surface area contributed by atoms with Gasteiger partial charge in [-0.2, -0.15) is 0 Å². The SMILES string of the molecule is CCC(CC(=N)N)NC(=O)Nc1cccc(OC)c1. The third-order valence-electron chi connectivity index (χ3n) is 2.62. The van der Waals surface area contributed by atoms with Crippen LogP contribution < -0.4 is 21.1 Å². The highest BCUT2D eigenvalue weighted by atomic mass is 16.5. The predicted molar refractivity (Wildman–Crippen MR) is 75.8 cm³/mol. The van der Waals surface area contributed by atoms with Crippen LogP contribution in [0.1, 0.15) is 19.8 Å². The lowest BCUT2D eigenvalue weighted by Crippen LogP contribution is -2.39. The number of carbonyl (C=O) groups is 1. The lowest BCUT2D eigenvalue weighted by atomic mass is 10.1. The average molecular weight is 264 g/mol. The molecule has 1 aromatic rings. The highest BCUT2D eigenvalue weighted by molar-refractivity contribution is 5.90. The summed E-state index contributed by atoms with van der Waals surface area (Å²) in [6.45, 7) is 1.93. The standard InChI is InChI=1S/C13H20N4O2/c1-3-9(8-12(14)15)16-13(18)17-10-5-4-6-11(7-10)19-2/h4-7,9H,3,8H2,1-2H3,(H3,14,15)(H2,16,17,18). The Balaban J connectivity index is 2.56. The zero-order chi connectivity index (χ0) is 14.3. The first-order chi connectivity index (χ1) is 9.05. The summed E-state index contributed by atoms with van der Waals surface area (Å²) in [5, 5.41) is 12.7. The zero-order valence-electron chi connectivity index (χ0n) is 11.2. The number of rotatable bonds is 6. The molecular formula is C13H20N4O2. The van der Waals surface area contributed by atoms with Gasteiger partial charge in [-0.05, 0) is 18.6 Å². The number of hydrogen-bond acceptors (Lipinski definition) is 3. The second kappa shape index (κ2) is 7.25. The van der Waals surface area contributed by atoms with E-state index < -0.39 is 0 Å². The Morgan fingerprint density at radius 1 is 1.53 bits per heavy atom. The van der Waals surface area contributed by atoms with E-state index in [4.69, 9.17) is 15.9 Å². The molecule has 0 spiro atoms. The molecule has 0 saturated carbocycles. The number of ether oxygens (including phenoxy) is 1. The van der Waals surface area contributed by atoms with Gasteiger partial charge in [0.05, 0.1) is 12.9 Å². The molecule has 0 radical (unpaired) electrons. The van der Waals surface area contributed by atoms with Crippen LogP contribution in [0.4, 0.5) is 10.5 Å². The van der Waals surface area contributed by atoms with Crippen LogP contribution in [0.5, 0.6) is 5.75 Å². The Bertz CT molecular complexity index is 448. The molecule has 5 N–H and O–H groups in total. The minimum absolute atomic E-state index is 0.0635. The number of amidine groups is 1. The number of hydrogen-bond donors (Lipinski definition) is 4. The van der Waals surface area contributed by atoms with Crippen molar-refractivity contribution in [2.24, 2.45) is 5.73 Å². The zero-order valence-corrected chi connectivity index (χ0v) is 11.2. The number of amides is 2. The Kier molecular flexibility index (Phi) is 5.66. The number of methoxy groups -OCH3 is 1. The van der Waals surface area contributed by atoms with E-state index in [0.717, 1.165) is 0 Å². The second-order valence-corrected chi connectivity index (χ2v) is 4.16. The summed E-state index contributed by atoms with van der Waals surface area (Å²) in [5.41, 5.74) is 5.98. The van der Waals surface area contributed by atoms with Crippen LogP contribution in [0.15, 0.2) is 24.3 Å². The first kappa shape index (κ1) is 14.8. The Morgan fingerprint density at radius 3 is 2.84 bits per heavy atom. The summed E-state index contributed by atoms with van der Waals surface area (Å²) in [6, 6.07) is 6.64. The Labute approximate surface area is 112 Å². The number of benzene rings is 1. The fraction of sp³-hybridized carbons (Fsp3) is 0.385. The van der Waals surface area contributed by atoms with Gasteiger partial charge >= 0.3 is 6.03 Å². The van der Waals surface area contributed by atoms with Gasteiger partial charge < -0.3 is 21.1 Å². The van der Waals surface area contributed by atoms with Crippen molar-refractivity contribution >= 4 is 17.6 Å². The molecule has 0 saturated heterocycles. The highest BCUT2D eigenvalue weighted by Gasteiger charge is 2.11. The summed E-state index contributed by atoms with van der Waals surface area (Å²) >= 11 is 0. The molecule has 6 nitrogen and oxygen atoms in total. The van der Waals surface area contributed by atoms with Gasteiger partial charge in [0, 0.05) is 24.2 Å². The lowest BCUT2D eigenvalue weighted by Gasteiger charge is -2.16. The molecule has 2 amide bonds. The molecular weight excluding hydrogens is 244 g/mol. The first-order valence-electron chi connectivity index (χ1n) is 6.09. The van der Waals surface area contributed by atoms with Crippen molar-refractivity contribution < 1.29 is 9.53 Å². The summed E-state index contributed by atoms with van der Waals surface area (Å²) in [5.74, 6) is 0.738. The fourth-order valence-electron chi connectivity index (χ4n) is 1.62. The fourth-order valence-corrected chi connectivity index (χ4v) is 1.62. The number of urea groups is 1. The maximum Gasteiger partial charge on any atom is 0.319 e. The van der Waals surface area contributed by atoms with Crippen molar-refractivity contribution in [3.8, 4) is 5.75 Å². The highest BCUT2D eigenvalue weighted by Crippen LogP contribution is 2.16. The Hall–Kier alpha value is -2.24. The van der Waals surface area contributed by atoms with Crippen molar-refractivity contribution in [3.63, 3.8) is 0 Å². The molecule has 104 valence electrons. The van der Waals surface area contributed by atoms with Crippen molar-refractivity contribution in [2.75, 3.05) is 12.4 Å². The van der Waals surface area contributed by atoms with Crippen molar-refractivity contribution in [1.82, 2.24) is 5.32 Å². The molecule has 0 aromatic heterocycles. The van der Waals surface area contributed by atoms with E-state index in [1.165, 1.54) is 0 Å². The molecule has 0 heterocycles. The molecule has 6 heteroatoms. The molecule has 0 aliphatic rings. The molecule has 19 heavy (non-hydrogen) atoms. The van der Waals surface area contributed by atoms with E-state index in [1.807, 2.05) is 6.92 Å². The van der Waals surface area contributed by atoms with Crippen LogP contribution in [0.2, 0.25) is 0 Å². The largest absolute Gasteiger partial charge is 0.497 e. The van der Waals surface area contributed by atoms with Gasteiger partial charge in [0.25, 0.3) is 0 Å². The van der Waals surface area contributed by atoms with E-state index in [-0.39, 0.29) is 17.9 Å². The molecule has 0 fully saturated rings. The van der Waals surface area contributed by atoms with Crippen LogP contribution in [-0.4, -0.2) is 25.0 Å². The van der Waals surface area contributed by atoms with Crippen LogP contribution in [-0.2, 0) is 0 Å². The average Bonchev–Trinajstić information content (AvgIpc) is 2.37. The summed E-state index contributed by atoms with van der Waals surface area (Å²) < 4.78 is 5.07. The number of nitrogens with two attached hydrogens (primary N) is 1. The monoisotopic (exact) mass is 264 g/mol. The van der Waals surface area contributed by atoms with Gasteiger partial charge in [-0.3, -0.25) is 5.41 Å². The van der Waals surface area contributed by atoms with Gasteiger partial charge in [-0.25, -0.2) is 4.79 Å². The maximum absolute atomic E-state index is 11.8. The summed E-state index contributed by atoms with van der Waals surface area (Å²) in [6.07, 6.45) is 1.06. The van der Waals surface area contributed by atoms with Gasteiger partial charge in [0.15, 0.2) is 0 Å². The minimum atomic E-state index is -0.318. The van der Waals surface area contributed by atoms with Gasteiger partial charge in [-0.15, -0.1) is 0 Å². The van der Waals surface area contributed by atoms with E-state index in [0.29, 0.717) is 24.3 Å². The normalized spacial score (nSPS) is 11.5. The van der Waals surface area contributed by atoms with Crippen LogP contribution in [0.25, 0.3) is 0 Å². The van der Waals surface area contributed by atoms with Gasteiger partial charge in [0.2, 0.25) is 0 Å². The summed E-state index contributed by atoms with van der Waals surface area (Å²) in [7, 11) is 1.57. The van der Waals surface area contributed by atoms with Crippen molar-refractivity contribution in [2.45, 2.75) is 25.8 Å². The van der Waals surface area contributed by atoms with Crippen LogP contribution >= 0.6 is 0 Å². The maximum atomic E-state index is 11.8. The lowest BCUT2D eigenvalue weighted by molar-refractivity contribution is 0.248. The van der Waals surface area contributed by atoms with Crippen LogP contribution in [0, 0.1) is 5.41 Å². The summed E-state index contributed by atoms with van der Waals surface area (Å²) in [4.78, 5) is 11.8. The van der Waals surface area contributed by atoms with E-state index >= 15 is 0 Å². The quantitative estimate of drug-likeness (QED) is 0.466.